The summed E-state index contributed by atoms with van der Waals surface area (Å²) in [6.45, 7) is 4.73. The number of benzene rings is 1. The lowest BCUT2D eigenvalue weighted by molar-refractivity contribution is 0.471. The number of nitrogens with zero attached hydrogens (tertiary/aromatic N) is 4. The molecule has 0 N–H and O–H groups in total. The van der Waals surface area contributed by atoms with Crippen LogP contribution in [0.1, 0.15) is 17.3 Å². The van der Waals surface area contributed by atoms with E-state index in [0.717, 1.165) is 21.4 Å². The maximum Gasteiger partial charge on any atom is 0.247 e. The Hall–Kier alpha value is -1.95. The molecule has 2 heterocycles. The van der Waals surface area contributed by atoms with Gasteiger partial charge in [-0.25, -0.2) is 0 Å². The Bertz CT molecular complexity index is 748. The monoisotopic (exact) mass is 346 g/mol. The van der Waals surface area contributed by atoms with Gasteiger partial charge in [0.25, 0.3) is 0 Å². The van der Waals surface area contributed by atoms with Crippen molar-refractivity contribution >= 4 is 15.9 Å². The van der Waals surface area contributed by atoms with E-state index in [4.69, 9.17) is 4.42 Å². The molecule has 108 valence electrons. The van der Waals surface area contributed by atoms with Gasteiger partial charge in [-0.3, -0.25) is 4.68 Å². The Kier molecular flexibility index (Phi) is 3.88. The second-order valence-electron chi connectivity index (χ2n) is 4.82. The van der Waals surface area contributed by atoms with Gasteiger partial charge in [-0.1, -0.05) is 18.2 Å². The summed E-state index contributed by atoms with van der Waals surface area (Å²) < 4.78 is 8.70. The SMILES string of the molecule is Cc1nn(CCc2nnc(-c3ccccc3)o2)c(C)c1Br. The third kappa shape index (κ3) is 2.90. The molecule has 0 fully saturated rings. The van der Waals surface area contributed by atoms with Crippen molar-refractivity contribution in [1.82, 2.24) is 20.0 Å². The van der Waals surface area contributed by atoms with E-state index in [0.29, 0.717) is 24.7 Å². The minimum atomic E-state index is 0.556. The summed E-state index contributed by atoms with van der Waals surface area (Å²) in [7, 11) is 0. The highest BCUT2D eigenvalue weighted by Gasteiger charge is 2.11. The average Bonchev–Trinajstić information content (AvgIpc) is 3.07. The Morgan fingerprint density at radius 3 is 2.57 bits per heavy atom. The molecule has 3 aromatic rings. The van der Waals surface area contributed by atoms with Crippen molar-refractivity contribution in [2.24, 2.45) is 0 Å². The maximum absolute atomic E-state index is 5.69. The van der Waals surface area contributed by atoms with Gasteiger partial charge >= 0.3 is 0 Å². The van der Waals surface area contributed by atoms with Crippen molar-refractivity contribution in [2.45, 2.75) is 26.8 Å². The van der Waals surface area contributed by atoms with Crippen LogP contribution in [-0.2, 0) is 13.0 Å². The second kappa shape index (κ2) is 5.81. The van der Waals surface area contributed by atoms with Gasteiger partial charge in [0.05, 0.1) is 10.2 Å². The number of aromatic nitrogens is 4. The fourth-order valence-electron chi connectivity index (χ4n) is 2.15. The molecule has 0 amide bonds. The number of halogens is 1. The van der Waals surface area contributed by atoms with E-state index in [9.17, 15) is 0 Å². The van der Waals surface area contributed by atoms with Crippen LogP contribution in [0.15, 0.2) is 39.2 Å². The van der Waals surface area contributed by atoms with Crippen LogP contribution in [0, 0.1) is 13.8 Å². The van der Waals surface area contributed by atoms with Crippen LogP contribution in [-0.4, -0.2) is 20.0 Å². The summed E-state index contributed by atoms with van der Waals surface area (Å²) in [4.78, 5) is 0. The Balaban J connectivity index is 1.72. The summed E-state index contributed by atoms with van der Waals surface area (Å²) in [5.74, 6) is 1.18. The molecule has 0 bridgehead atoms. The van der Waals surface area contributed by atoms with E-state index < -0.39 is 0 Å². The molecule has 0 spiro atoms. The number of hydrogen-bond donors (Lipinski definition) is 0. The molecule has 0 unspecified atom stereocenters. The van der Waals surface area contributed by atoms with E-state index in [1.54, 1.807) is 0 Å². The predicted octanol–water partition coefficient (Wildman–Crippen LogP) is 3.56. The first-order valence-corrected chi connectivity index (χ1v) is 7.52. The summed E-state index contributed by atoms with van der Waals surface area (Å²) >= 11 is 3.53. The zero-order valence-corrected chi connectivity index (χ0v) is 13.5. The zero-order valence-electron chi connectivity index (χ0n) is 11.9. The molecule has 2 aromatic heterocycles. The van der Waals surface area contributed by atoms with Crippen LogP contribution in [0.2, 0.25) is 0 Å². The van der Waals surface area contributed by atoms with Gasteiger partial charge in [0.15, 0.2) is 0 Å². The number of aryl methyl sites for hydroxylation is 3. The van der Waals surface area contributed by atoms with Gasteiger partial charge in [0.1, 0.15) is 0 Å². The summed E-state index contributed by atoms with van der Waals surface area (Å²) in [5.41, 5.74) is 3.03. The lowest BCUT2D eigenvalue weighted by Gasteiger charge is -2.01. The van der Waals surface area contributed by atoms with Crippen LogP contribution in [0.25, 0.3) is 11.5 Å². The molecule has 0 saturated carbocycles. The molecule has 1 aromatic carbocycles. The highest BCUT2D eigenvalue weighted by Crippen LogP contribution is 2.21. The minimum absolute atomic E-state index is 0.556. The molecule has 5 nitrogen and oxygen atoms in total. The van der Waals surface area contributed by atoms with Gasteiger partial charge in [-0.2, -0.15) is 5.10 Å². The molecule has 0 radical (unpaired) electrons. The van der Waals surface area contributed by atoms with Gasteiger partial charge in [-0.15, -0.1) is 10.2 Å². The molecule has 0 saturated heterocycles. The van der Waals surface area contributed by atoms with Crippen molar-refractivity contribution < 1.29 is 4.42 Å². The molecule has 0 aliphatic rings. The van der Waals surface area contributed by atoms with Gasteiger partial charge < -0.3 is 4.42 Å². The predicted molar refractivity (Wildman–Crippen MR) is 82.8 cm³/mol. The Morgan fingerprint density at radius 2 is 1.90 bits per heavy atom. The summed E-state index contributed by atoms with van der Waals surface area (Å²) in [6, 6.07) is 9.77. The van der Waals surface area contributed by atoms with Crippen LogP contribution in [0.4, 0.5) is 0 Å². The third-order valence-electron chi connectivity index (χ3n) is 3.32. The summed E-state index contributed by atoms with van der Waals surface area (Å²) in [6.07, 6.45) is 0.661. The van der Waals surface area contributed by atoms with Crippen molar-refractivity contribution in [3.8, 4) is 11.5 Å². The van der Waals surface area contributed by atoms with Crippen LogP contribution >= 0.6 is 15.9 Å². The van der Waals surface area contributed by atoms with E-state index in [1.807, 2.05) is 48.9 Å². The quantitative estimate of drug-likeness (QED) is 0.724. The number of hydrogen-bond acceptors (Lipinski definition) is 4. The lowest BCUT2D eigenvalue weighted by Crippen LogP contribution is -2.05. The van der Waals surface area contributed by atoms with Crippen molar-refractivity contribution in [3.63, 3.8) is 0 Å². The zero-order chi connectivity index (χ0) is 14.8. The third-order valence-corrected chi connectivity index (χ3v) is 4.47. The first kappa shape index (κ1) is 14.0. The molecule has 3 rings (SSSR count). The summed E-state index contributed by atoms with van der Waals surface area (Å²) in [5, 5.41) is 12.7. The van der Waals surface area contributed by atoms with E-state index in [2.05, 4.69) is 31.2 Å². The lowest BCUT2D eigenvalue weighted by atomic mass is 10.2. The fraction of sp³-hybridized carbons (Fsp3) is 0.267. The molecular weight excluding hydrogens is 332 g/mol. The van der Waals surface area contributed by atoms with Gasteiger partial charge in [0, 0.05) is 24.2 Å². The smallest absolute Gasteiger partial charge is 0.247 e. The molecule has 21 heavy (non-hydrogen) atoms. The van der Waals surface area contributed by atoms with Crippen LogP contribution < -0.4 is 0 Å². The van der Waals surface area contributed by atoms with Crippen molar-refractivity contribution in [2.75, 3.05) is 0 Å². The average molecular weight is 347 g/mol. The van der Waals surface area contributed by atoms with Gasteiger partial charge in [-0.05, 0) is 41.9 Å². The molecule has 0 aliphatic carbocycles. The second-order valence-corrected chi connectivity index (χ2v) is 5.62. The molecule has 6 heteroatoms. The van der Waals surface area contributed by atoms with Crippen LogP contribution in [0.3, 0.4) is 0 Å². The van der Waals surface area contributed by atoms with Crippen molar-refractivity contribution in [1.29, 1.82) is 0 Å². The van der Waals surface area contributed by atoms with Crippen molar-refractivity contribution in [3.05, 3.63) is 52.1 Å². The first-order valence-electron chi connectivity index (χ1n) is 6.72. The largest absolute Gasteiger partial charge is 0.421 e. The maximum atomic E-state index is 5.69. The fourth-order valence-corrected chi connectivity index (χ4v) is 2.43. The first-order chi connectivity index (χ1) is 10.1. The standard InChI is InChI=1S/C15H15BrN4O/c1-10-14(16)11(2)20(19-10)9-8-13-17-18-15(21-13)12-6-4-3-5-7-12/h3-7H,8-9H2,1-2H3. The van der Waals surface area contributed by atoms with Gasteiger partial charge in [0.2, 0.25) is 11.8 Å². The molecule has 0 aliphatic heterocycles. The Morgan fingerprint density at radius 1 is 1.14 bits per heavy atom. The van der Waals surface area contributed by atoms with E-state index in [1.165, 1.54) is 0 Å². The topological polar surface area (TPSA) is 56.7 Å². The van der Waals surface area contributed by atoms with E-state index in [-0.39, 0.29) is 0 Å². The molecule has 0 atom stereocenters. The normalized spacial score (nSPS) is 11.0. The highest BCUT2D eigenvalue weighted by molar-refractivity contribution is 9.10. The highest BCUT2D eigenvalue weighted by atomic mass is 79.9. The minimum Gasteiger partial charge on any atom is -0.421 e. The van der Waals surface area contributed by atoms with E-state index >= 15 is 0 Å². The van der Waals surface area contributed by atoms with Crippen LogP contribution in [0.5, 0.6) is 0 Å². The molecular formula is C15H15BrN4O. The number of rotatable bonds is 4. The Labute approximate surface area is 131 Å².